The number of rotatable bonds is 2. The lowest BCUT2D eigenvalue weighted by atomic mass is 9.91. The molecule has 1 saturated heterocycles. The summed E-state index contributed by atoms with van der Waals surface area (Å²) in [6, 6.07) is 8.04. The second-order valence-corrected chi connectivity index (χ2v) is 7.44. The number of nitrogen functional groups attached to an aromatic ring is 1. The predicted octanol–water partition coefficient (Wildman–Crippen LogP) is 2.11. The standard InChI is InChI=1S/C19H25N7/c1-19(21)6-8-26(9-7-19)16-11-22-17(18(20)25-16)15-10-13-4-2-3-5-14(13)23-12-24-15/h2-5,11-12,15H,6-10,21H2,1H3,(H2,20,25)(H,23,24). The smallest absolute Gasteiger partial charge is 0.149 e. The van der Waals surface area contributed by atoms with E-state index in [1.807, 2.05) is 24.4 Å². The summed E-state index contributed by atoms with van der Waals surface area (Å²) in [7, 11) is 0. The summed E-state index contributed by atoms with van der Waals surface area (Å²) in [5, 5.41) is 3.21. The van der Waals surface area contributed by atoms with Crippen LogP contribution in [0.2, 0.25) is 0 Å². The maximum absolute atomic E-state index is 6.26. The monoisotopic (exact) mass is 351 g/mol. The van der Waals surface area contributed by atoms with Gasteiger partial charge >= 0.3 is 0 Å². The van der Waals surface area contributed by atoms with E-state index in [-0.39, 0.29) is 11.6 Å². The fourth-order valence-electron chi connectivity index (χ4n) is 3.52. The number of hydrogen-bond acceptors (Lipinski definition) is 7. The number of aliphatic imine (C=N–C) groups is 1. The van der Waals surface area contributed by atoms with Crippen molar-refractivity contribution >= 4 is 23.7 Å². The fourth-order valence-corrected chi connectivity index (χ4v) is 3.52. The van der Waals surface area contributed by atoms with Gasteiger partial charge in [0.2, 0.25) is 0 Å². The molecule has 1 aromatic carbocycles. The van der Waals surface area contributed by atoms with Crippen molar-refractivity contribution in [2.75, 3.05) is 29.0 Å². The van der Waals surface area contributed by atoms with Gasteiger partial charge in [0, 0.05) is 30.7 Å². The van der Waals surface area contributed by atoms with Crippen molar-refractivity contribution in [1.29, 1.82) is 0 Å². The molecule has 136 valence electrons. The molecule has 7 heteroatoms. The maximum atomic E-state index is 6.26. The zero-order valence-electron chi connectivity index (χ0n) is 15.0. The van der Waals surface area contributed by atoms with E-state index in [4.69, 9.17) is 11.5 Å². The summed E-state index contributed by atoms with van der Waals surface area (Å²) in [4.78, 5) is 16.0. The average Bonchev–Trinajstić information content (AvgIpc) is 2.84. The molecule has 26 heavy (non-hydrogen) atoms. The third-order valence-corrected chi connectivity index (χ3v) is 5.27. The molecule has 2 aliphatic rings. The van der Waals surface area contributed by atoms with Crippen LogP contribution in [0, 0.1) is 0 Å². The number of nitrogens with one attached hydrogen (secondary N) is 1. The Morgan fingerprint density at radius 1 is 1.23 bits per heavy atom. The molecule has 3 heterocycles. The quantitative estimate of drug-likeness (QED) is 0.765. The Kier molecular flexibility index (Phi) is 4.24. The van der Waals surface area contributed by atoms with Gasteiger partial charge in [0.15, 0.2) is 0 Å². The van der Waals surface area contributed by atoms with Gasteiger partial charge in [0.1, 0.15) is 23.4 Å². The first-order valence-electron chi connectivity index (χ1n) is 9.04. The molecule has 4 rings (SSSR count). The largest absolute Gasteiger partial charge is 0.382 e. The van der Waals surface area contributed by atoms with Crippen molar-refractivity contribution in [2.45, 2.75) is 37.8 Å². The lowest BCUT2D eigenvalue weighted by Crippen LogP contribution is -2.48. The minimum Gasteiger partial charge on any atom is -0.382 e. The van der Waals surface area contributed by atoms with E-state index in [2.05, 4.69) is 38.2 Å². The number of piperidine rings is 1. The first-order chi connectivity index (χ1) is 12.5. The van der Waals surface area contributed by atoms with Gasteiger partial charge in [-0.1, -0.05) is 18.2 Å². The molecular weight excluding hydrogens is 326 g/mol. The Balaban J connectivity index is 1.55. The van der Waals surface area contributed by atoms with E-state index in [9.17, 15) is 0 Å². The lowest BCUT2D eigenvalue weighted by Gasteiger charge is -2.37. The van der Waals surface area contributed by atoms with Crippen LogP contribution in [0.5, 0.6) is 0 Å². The molecule has 1 atom stereocenters. The van der Waals surface area contributed by atoms with Crippen LogP contribution in [-0.4, -0.2) is 34.9 Å². The van der Waals surface area contributed by atoms with Crippen molar-refractivity contribution in [3.63, 3.8) is 0 Å². The van der Waals surface area contributed by atoms with E-state index in [0.29, 0.717) is 5.82 Å². The van der Waals surface area contributed by atoms with Gasteiger partial charge in [-0.2, -0.15) is 0 Å². The van der Waals surface area contributed by atoms with Crippen LogP contribution in [0.25, 0.3) is 0 Å². The van der Waals surface area contributed by atoms with Gasteiger partial charge in [-0.05, 0) is 31.4 Å². The molecule has 0 radical (unpaired) electrons. The highest BCUT2D eigenvalue weighted by Crippen LogP contribution is 2.31. The SMILES string of the molecule is CC1(N)CCN(c2cnc(C3Cc4ccccc4NC=N3)c(N)n2)CC1. The zero-order valence-corrected chi connectivity index (χ0v) is 15.0. The summed E-state index contributed by atoms with van der Waals surface area (Å²) >= 11 is 0. The molecule has 0 saturated carbocycles. The van der Waals surface area contributed by atoms with Gasteiger partial charge in [0.05, 0.1) is 12.5 Å². The molecule has 1 unspecified atom stereocenters. The van der Waals surface area contributed by atoms with Crippen LogP contribution in [-0.2, 0) is 6.42 Å². The number of aromatic nitrogens is 2. The molecule has 1 fully saturated rings. The first-order valence-corrected chi connectivity index (χ1v) is 9.04. The zero-order chi connectivity index (χ0) is 18.1. The second-order valence-electron chi connectivity index (χ2n) is 7.44. The average molecular weight is 351 g/mol. The van der Waals surface area contributed by atoms with Crippen LogP contribution in [0.1, 0.15) is 37.1 Å². The highest BCUT2D eigenvalue weighted by Gasteiger charge is 2.27. The molecule has 7 nitrogen and oxygen atoms in total. The topological polar surface area (TPSA) is 105 Å². The second kappa shape index (κ2) is 6.57. The predicted molar refractivity (Wildman–Crippen MR) is 105 cm³/mol. The van der Waals surface area contributed by atoms with Crippen LogP contribution >= 0.6 is 0 Å². The van der Waals surface area contributed by atoms with Crippen LogP contribution in [0.3, 0.4) is 0 Å². The van der Waals surface area contributed by atoms with Gasteiger partial charge in [-0.15, -0.1) is 0 Å². The third kappa shape index (κ3) is 3.35. The summed E-state index contributed by atoms with van der Waals surface area (Å²) in [6.07, 6.45) is 6.15. The minimum atomic E-state index is -0.138. The van der Waals surface area contributed by atoms with E-state index >= 15 is 0 Å². The molecule has 1 aromatic heterocycles. The lowest BCUT2D eigenvalue weighted by molar-refractivity contribution is 0.363. The van der Waals surface area contributed by atoms with Crippen LogP contribution in [0.4, 0.5) is 17.3 Å². The van der Waals surface area contributed by atoms with E-state index in [1.54, 1.807) is 6.34 Å². The Morgan fingerprint density at radius 3 is 2.77 bits per heavy atom. The molecule has 0 bridgehead atoms. The summed E-state index contributed by atoms with van der Waals surface area (Å²) in [5.41, 5.74) is 15.4. The highest BCUT2D eigenvalue weighted by molar-refractivity contribution is 5.78. The molecule has 2 aliphatic heterocycles. The van der Waals surface area contributed by atoms with Crippen molar-refractivity contribution in [2.24, 2.45) is 10.7 Å². The number of benzene rings is 1. The van der Waals surface area contributed by atoms with Crippen LogP contribution < -0.4 is 21.7 Å². The summed E-state index contributed by atoms with van der Waals surface area (Å²) in [6.45, 7) is 3.85. The maximum Gasteiger partial charge on any atom is 0.149 e. The Hall–Kier alpha value is -2.67. The first kappa shape index (κ1) is 16.8. The van der Waals surface area contributed by atoms with E-state index in [1.165, 1.54) is 5.56 Å². The van der Waals surface area contributed by atoms with Crippen molar-refractivity contribution in [1.82, 2.24) is 9.97 Å². The number of fused-ring (bicyclic) bond motifs is 1. The van der Waals surface area contributed by atoms with E-state index < -0.39 is 0 Å². The van der Waals surface area contributed by atoms with Gasteiger partial charge in [-0.3, -0.25) is 9.98 Å². The Labute approximate surface area is 153 Å². The number of para-hydroxylation sites is 1. The number of hydrogen-bond donors (Lipinski definition) is 3. The Morgan fingerprint density at radius 2 is 2.00 bits per heavy atom. The third-order valence-electron chi connectivity index (χ3n) is 5.27. The van der Waals surface area contributed by atoms with Crippen molar-refractivity contribution < 1.29 is 0 Å². The summed E-state index contributed by atoms with van der Waals surface area (Å²) < 4.78 is 0. The molecule has 0 spiro atoms. The molecule has 2 aromatic rings. The molecule has 0 aliphatic carbocycles. The van der Waals surface area contributed by atoms with Gasteiger partial charge in [-0.25, -0.2) is 4.98 Å². The van der Waals surface area contributed by atoms with Crippen LogP contribution in [0.15, 0.2) is 35.5 Å². The number of nitrogens with zero attached hydrogens (tertiary/aromatic N) is 4. The normalized spacial score (nSPS) is 21.6. The van der Waals surface area contributed by atoms with E-state index in [0.717, 1.165) is 49.6 Å². The summed E-state index contributed by atoms with van der Waals surface area (Å²) in [5.74, 6) is 1.27. The van der Waals surface area contributed by atoms with Crippen molar-refractivity contribution in [3.05, 3.63) is 41.7 Å². The minimum absolute atomic E-state index is 0.0924. The van der Waals surface area contributed by atoms with Gasteiger partial charge < -0.3 is 21.7 Å². The Bertz CT molecular complexity index is 820. The fraction of sp³-hybridized carbons (Fsp3) is 0.421. The number of nitrogens with two attached hydrogens (primary N) is 2. The molecule has 5 N–H and O–H groups in total. The highest BCUT2D eigenvalue weighted by atomic mass is 15.2. The molecule has 0 amide bonds. The van der Waals surface area contributed by atoms with Gasteiger partial charge in [0.25, 0.3) is 0 Å². The molecular formula is C19H25N7. The number of anilines is 3. The van der Waals surface area contributed by atoms with Crippen molar-refractivity contribution in [3.8, 4) is 0 Å².